The largest absolute Gasteiger partial charge is 0.471 e. The number of carbonyl (C=O) groups excluding carboxylic acids is 1. The summed E-state index contributed by atoms with van der Waals surface area (Å²) < 4.78 is 32.8. The molecule has 0 unspecified atom stereocenters. The lowest BCUT2D eigenvalue weighted by Gasteiger charge is -2.07. The van der Waals surface area contributed by atoms with Crippen LogP contribution in [0.4, 0.5) is 8.78 Å². The van der Waals surface area contributed by atoms with Crippen LogP contribution in [0.15, 0.2) is 54.7 Å². The third-order valence-corrected chi connectivity index (χ3v) is 3.78. The molecule has 8 heteroatoms. The second-order valence-corrected chi connectivity index (χ2v) is 5.81. The van der Waals surface area contributed by atoms with E-state index in [-0.39, 0.29) is 35.7 Å². The first-order valence-electron chi connectivity index (χ1n) is 7.65. The van der Waals surface area contributed by atoms with Gasteiger partial charge in [-0.05, 0) is 35.9 Å². The third kappa shape index (κ3) is 4.58. The Labute approximate surface area is 153 Å². The molecule has 0 aliphatic rings. The van der Waals surface area contributed by atoms with Crippen LogP contribution in [0.3, 0.4) is 0 Å². The summed E-state index contributed by atoms with van der Waals surface area (Å²) >= 11 is 5.68. The number of carbonyl (C=O) groups is 1. The quantitative estimate of drug-likeness (QED) is 0.711. The summed E-state index contributed by atoms with van der Waals surface area (Å²) in [5.41, 5.74) is 0.989. The molecule has 134 valence electrons. The number of nitrogens with zero attached hydrogens (tertiary/aromatic N) is 2. The van der Waals surface area contributed by atoms with Crippen molar-refractivity contribution in [2.75, 3.05) is 0 Å². The van der Waals surface area contributed by atoms with Gasteiger partial charge >= 0.3 is 0 Å². The minimum atomic E-state index is -0.529. The van der Waals surface area contributed by atoms with Gasteiger partial charge < -0.3 is 10.1 Å². The Morgan fingerprint density at radius 2 is 1.92 bits per heavy atom. The van der Waals surface area contributed by atoms with Gasteiger partial charge in [-0.25, -0.2) is 13.5 Å². The molecule has 5 nitrogen and oxygen atoms in total. The van der Waals surface area contributed by atoms with E-state index in [4.69, 9.17) is 16.3 Å². The number of hydrogen-bond acceptors (Lipinski definition) is 3. The van der Waals surface area contributed by atoms with E-state index in [2.05, 4.69) is 10.4 Å². The van der Waals surface area contributed by atoms with Gasteiger partial charge in [-0.15, -0.1) is 0 Å². The summed E-state index contributed by atoms with van der Waals surface area (Å²) in [7, 11) is 0. The molecule has 0 bridgehead atoms. The van der Waals surface area contributed by atoms with Gasteiger partial charge in [-0.3, -0.25) is 4.79 Å². The molecule has 1 amide bonds. The molecule has 1 aromatic heterocycles. The highest BCUT2D eigenvalue weighted by Gasteiger charge is 2.10. The molecule has 26 heavy (non-hydrogen) atoms. The predicted molar refractivity (Wildman–Crippen MR) is 91.8 cm³/mol. The average molecular weight is 378 g/mol. The molecular formula is C18H14ClF2N3O2. The van der Waals surface area contributed by atoms with Crippen LogP contribution in [0.1, 0.15) is 16.1 Å². The number of benzene rings is 2. The Morgan fingerprint density at radius 1 is 1.15 bits per heavy atom. The van der Waals surface area contributed by atoms with Crippen molar-refractivity contribution in [1.82, 2.24) is 15.1 Å². The predicted octanol–water partition coefficient (Wildman–Crippen LogP) is 3.78. The van der Waals surface area contributed by atoms with Crippen LogP contribution >= 0.6 is 11.6 Å². The molecule has 3 aromatic rings. The van der Waals surface area contributed by atoms with E-state index >= 15 is 0 Å². The Kier molecular flexibility index (Phi) is 5.48. The van der Waals surface area contributed by atoms with Gasteiger partial charge in [0.1, 0.15) is 23.1 Å². The number of nitrogens with one attached hydrogen (secondary N) is 1. The zero-order chi connectivity index (χ0) is 18.5. The maximum absolute atomic E-state index is 13.1. The van der Waals surface area contributed by atoms with Crippen molar-refractivity contribution in [3.05, 3.63) is 82.6 Å². The first-order chi connectivity index (χ1) is 12.5. The van der Waals surface area contributed by atoms with E-state index < -0.39 is 5.82 Å². The minimum absolute atomic E-state index is 0.0349. The van der Waals surface area contributed by atoms with E-state index in [1.54, 1.807) is 24.4 Å². The third-order valence-electron chi connectivity index (χ3n) is 3.49. The normalized spacial score (nSPS) is 10.6. The molecule has 1 N–H and O–H groups in total. The van der Waals surface area contributed by atoms with Gasteiger partial charge in [-0.2, -0.15) is 5.10 Å². The molecule has 2 aromatic carbocycles. The Hall–Kier alpha value is -2.93. The van der Waals surface area contributed by atoms with E-state index in [0.717, 1.165) is 5.56 Å². The summed E-state index contributed by atoms with van der Waals surface area (Å²) in [6.07, 6.45) is 1.58. The molecule has 0 atom stereocenters. The lowest BCUT2D eigenvalue weighted by molar-refractivity contribution is 0.0944. The number of aromatic nitrogens is 2. The number of rotatable bonds is 6. The van der Waals surface area contributed by atoms with Gasteiger partial charge in [0.25, 0.3) is 5.91 Å². The van der Waals surface area contributed by atoms with Crippen LogP contribution in [0.25, 0.3) is 0 Å². The summed E-state index contributed by atoms with van der Waals surface area (Å²) in [6.45, 7) is 0.295. The molecule has 0 radical (unpaired) electrons. The number of halogens is 3. The first-order valence-corrected chi connectivity index (χ1v) is 8.03. The van der Waals surface area contributed by atoms with Gasteiger partial charge in [0.05, 0.1) is 5.02 Å². The fourth-order valence-electron chi connectivity index (χ4n) is 2.14. The van der Waals surface area contributed by atoms with Crippen LogP contribution in [0.2, 0.25) is 5.02 Å². The second-order valence-electron chi connectivity index (χ2n) is 5.40. The van der Waals surface area contributed by atoms with Crippen molar-refractivity contribution in [2.45, 2.75) is 13.3 Å². The zero-order valence-corrected chi connectivity index (χ0v) is 14.2. The van der Waals surface area contributed by atoms with Crippen molar-refractivity contribution in [3.63, 3.8) is 0 Å². The van der Waals surface area contributed by atoms with Gasteiger partial charge in [0.15, 0.2) is 6.73 Å². The average Bonchev–Trinajstić information content (AvgIpc) is 3.11. The van der Waals surface area contributed by atoms with Gasteiger partial charge in [0.2, 0.25) is 0 Å². The number of hydrogen-bond donors (Lipinski definition) is 1. The SMILES string of the molecule is O=C(NCc1ccc(F)cc1)c1ccn(COc2ccc(F)c(Cl)c2)n1. The van der Waals surface area contributed by atoms with Crippen molar-refractivity contribution >= 4 is 17.5 Å². The second kappa shape index (κ2) is 7.97. The minimum Gasteiger partial charge on any atom is -0.471 e. The summed E-state index contributed by atoms with van der Waals surface area (Å²) in [4.78, 5) is 12.1. The standard InChI is InChI=1S/C18H14ClF2N3O2/c19-15-9-14(5-6-16(15)21)26-11-24-8-7-17(23-24)18(25)22-10-12-1-3-13(20)4-2-12/h1-9H,10-11H2,(H,22,25). The van der Waals surface area contributed by atoms with Gasteiger partial charge in [0, 0.05) is 18.8 Å². The summed E-state index contributed by atoms with van der Waals surface area (Å²) in [5.74, 6) is -0.841. The Morgan fingerprint density at radius 3 is 2.65 bits per heavy atom. The maximum Gasteiger partial charge on any atom is 0.272 e. The van der Waals surface area contributed by atoms with Crippen molar-refractivity contribution in [2.24, 2.45) is 0 Å². The van der Waals surface area contributed by atoms with Crippen LogP contribution < -0.4 is 10.1 Å². The van der Waals surface area contributed by atoms with E-state index in [1.165, 1.54) is 35.0 Å². The molecule has 0 saturated carbocycles. The van der Waals surface area contributed by atoms with Crippen molar-refractivity contribution in [1.29, 1.82) is 0 Å². The fraction of sp³-hybridized carbons (Fsp3) is 0.111. The Bertz CT molecular complexity index is 913. The molecule has 1 heterocycles. The van der Waals surface area contributed by atoms with E-state index in [9.17, 15) is 13.6 Å². The Balaban J connectivity index is 1.54. The molecular weight excluding hydrogens is 364 g/mol. The van der Waals surface area contributed by atoms with E-state index in [1.807, 2.05) is 0 Å². The molecule has 3 rings (SSSR count). The van der Waals surface area contributed by atoms with E-state index in [0.29, 0.717) is 5.75 Å². The molecule has 0 spiro atoms. The van der Waals surface area contributed by atoms with Crippen LogP contribution in [-0.4, -0.2) is 15.7 Å². The molecule has 0 saturated heterocycles. The number of ether oxygens (including phenoxy) is 1. The topological polar surface area (TPSA) is 56.2 Å². The summed E-state index contributed by atoms with van der Waals surface area (Å²) in [6, 6.07) is 11.4. The monoisotopic (exact) mass is 377 g/mol. The highest BCUT2D eigenvalue weighted by Crippen LogP contribution is 2.21. The highest BCUT2D eigenvalue weighted by molar-refractivity contribution is 6.30. The maximum atomic E-state index is 13.1. The summed E-state index contributed by atoms with van der Waals surface area (Å²) in [5, 5.41) is 6.76. The van der Waals surface area contributed by atoms with Crippen LogP contribution in [-0.2, 0) is 13.3 Å². The van der Waals surface area contributed by atoms with Crippen LogP contribution in [0.5, 0.6) is 5.75 Å². The fourth-order valence-corrected chi connectivity index (χ4v) is 2.31. The highest BCUT2D eigenvalue weighted by atomic mass is 35.5. The zero-order valence-electron chi connectivity index (χ0n) is 13.5. The lowest BCUT2D eigenvalue weighted by atomic mass is 10.2. The smallest absolute Gasteiger partial charge is 0.272 e. The van der Waals surface area contributed by atoms with Crippen LogP contribution in [0, 0.1) is 11.6 Å². The van der Waals surface area contributed by atoms with Crippen molar-refractivity contribution in [3.8, 4) is 5.75 Å². The molecule has 0 aliphatic carbocycles. The number of amides is 1. The molecule has 0 fully saturated rings. The molecule has 0 aliphatic heterocycles. The van der Waals surface area contributed by atoms with Gasteiger partial charge in [-0.1, -0.05) is 23.7 Å². The first kappa shape index (κ1) is 17.9. The lowest BCUT2D eigenvalue weighted by Crippen LogP contribution is -2.23. The van der Waals surface area contributed by atoms with Crippen molar-refractivity contribution < 1.29 is 18.3 Å².